The molecule has 0 radical (unpaired) electrons. The van der Waals surface area contributed by atoms with Crippen LogP contribution in [0.4, 0.5) is 10.1 Å². The fourth-order valence-corrected chi connectivity index (χ4v) is 5.17. The van der Waals surface area contributed by atoms with Crippen LogP contribution in [0.3, 0.4) is 0 Å². The number of likely N-dealkylation sites (tertiary alicyclic amines) is 1. The lowest BCUT2D eigenvalue weighted by Crippen LogP contribution is -2.30. The molecule has 30 heavy (non-hydrogen) atoms. The minimum absolute atomic E-state index is 0.111. The summed E-state index contributed by atoms with van der Waals surface area (Å²) < 4.78 is 48.3. The van der Waals surface area contributed by atoms with Gasteiger partial charge in [0.1, 0.15) is 24.6 Å². The van der Waals surface area contributed by atoms with E-state index in [4.69, 9.17) is 4.74 Å². The van der Waals surface area contributed by atoms with Crippen LogP contribution in [0.2, 0.25) is 0 Å². The van der Waals surface area contributed by atoms with Gasteiger partial charge in [-0.05, 0) is 55.6 Å². The van der Waals surface area contributed by atoms with Crippen molar-refractivity contribution in [1.29, 1.82) is 0 Å². The number of anilines is 1. The molecule has 2 aromatic rings. The number of hydrogen-bond donors (Lipinski definition) is 1. The molecule has 1 atom stereocenters. The highest BCUT2D eigenvalue weighted by Gasteiger charge is 2.38. The number of carbonyl (C=O) groups excluding carboxylic acids is 1. The molecule has 2 aliphatic rings. The molecular formula is C21H24FN3O4S. The Balaban J connectivity index is 1.67. The van der Waals surface area contributed by atoms with E-state index < -0.39 is 28.5 Å². The van der Waals surface area contributed by atoms with E-state index in [9.17, 15) is 13.2 Å². The third kappa shape index (κ3) is 4.41. The Kier molecular flexibility index (Phi) is 5.66. The first-order chi connectivity index (χ1) is 14.3. The van der Waals surface area contributed by atoms with E-state index in [2.05, 4.69) is 11.9 Å². The molecule has 1 N–H and O–H groups in total. The Morgan fingerprint density at radius 1 is 1.20 bits per heavy atom. The summed E-state index contributed by atoms with van der Waals surface area (Å²) in [5.74, 6) is -0.912. The smallest absolute Gasteiger partial charge is 0.326 e. The van der Waals surface area contributed by atoms with E-state index in [1.807, 2.05) is 35.1 Å². The molecule has 7 nitrogen and oxygen atoms in total. The minimum atomic E-state index is -4.15. The van der Waals surface area contributed by atoms with Crippen molar-refractivity contribution < 1.29 is 22.3 Å². The number of rotatable bonds is 6. The Bertz CT molecular complexity index is 1050. The molecule has 2 fully saturated rings. The van der Waals surface area contributed by atoms with Crippen molar-refractivity contribution >= 4 is 21.8 Å². The molecule has 0 aliphatic carbocycles. The van der Waals surface area contributed by atoms with Gasteiger partial charge in [0.25, 0.3) is 5.91 Å². The Labute approximate surface area is 175 Å². The minimum Gasteiger partial charge on any atom is -0.487 e. The predicted octanol–water partition coefficient (Wildman–Crippen LogP) is 2.08. The maximum absolute atomic E-state index is 15.2. The van der Waals surface area contributed by atoms with Crippen molar-refractivity contribution in [2.24, 2.45) is 5.92 Å². The second kappa shape index (κ2) is 8.23. The molecule has 2 aliphatic heterocycles. The number of benzene rings is 2. The van der Waals surface area contributed by atoms with E-state index in [0.29, 0.717) is 12.3 Å². The van der Waals surface area contributed by atoms with E-state index >= 15 is 4.39 Å². The summed E-state index contributed by atoms with van der Waals surface area (Å²) in [7, 11) is -2.10. The highest BCUT2D eigenvalue weighted by molar-refractivity contribution is 7.92. The van der Waals surface area contributed by atoms with Crippen LogP contribution in [0, 0.1) is 11.7 Å². The molecule has 0 spiro atoms. The van der Waals surface area contributed by atoms with Crippen molar-refractivity contribution in [2.75, 3.05) is 31.0 Å². The SMILES string of the molecule is CN1CCC(Cc2cc(F)c(N3CC(=O)NS3(=O)=O)c(OCc3ccccc3)c2)C1. The lowest BCUT2D eigenvalue weighted by Gasteiger charge is -2.21. The summed E-state index contributed by atoms with van der Waals surface area (Å²) in [5, 5.41) is 0. The summed E-state index contributed by atoms with van der Waals surface area (Å²) in [6.07, 6.45) is 1.70. The van der Waals surface area contributed by atoms with Gasteiger partial charge in [-0.15, -0.1) is 0 Å². The maximum Gasteiger partial charge on any atom is 0.326 e. The topological polar surface area (TPSA) is 79.0 Å². The zero-order valence-corrected chi connectivity index (χ0v) is 17.5. The van der Waals surface area contributed by atoms with E-state index in [0.717, 1.165) is 34.9 Å². The van der Waals surface area contributed by atoms with Crippen LogP contribution in [0.1, 0.15) is 17.5 Å². The van der Waals surface area contributed by atoms with Crippen molar-refractivity contribution in [3.63, 3.8) is 0 Å². The number of carbonyl (C=O) groups is 1. The second-order valence-electron chi connectivity index (χ2n) is 7.86. The summed E-state index contributed by atoms with van der Waals surface area (Å²) in [5.41, 5.74) is 1.37. The summed E-state index contributed by atoms with van der Waals surface area (Å²) in [6, 6.07) is 12.4. The molecule has 4 rings (SSSR count). The van der Waals surface area contributed by atoms with Gasteiger partial charge in [0.2, 0.25) is 0 Å². The standard InChI is InChI=1S/C21H24FN3O4S/c1-24-8-7-16(12-24)9-17-10-18(22)21(25-13-20(26)23-30(25,27)28)19(11-17)29-14-15-5-3-2-4-6-15/h2-6,10-11,16H,7-9,12-14H2,1H3,(H,23,26). The Morgan fingerprint density at radius 2 is 1.97 bits per heavy atom. The number of nitrogens with one attached hydrogen (secondary N) is 1. The number of ether oxygens (including phenoxy) is 1. The van der Waals surface area contributed by atoms with Crippen LogP contribution < -0.4 is 13.8 Å². The summed E-state index contributed by atoms with van der Waals surface area (Å²) in [4.78, 5) is 13.9. The molecule has 2 heterocycles. The quantitative estimate of drug-likeness (QED) is 0.755. The molecule has 160 valence electrons. The first-order valence-corrected chi connectivity index (χ1v) is 11.3. The van der Waals surface area contributed by atoms with Crippen molar-refractivity contribution in [3.05, 3.63) is 59.4 Å². The second-order valence-corrected chi connectivity index (χ2v) is 9.45. The molecule has 0 aromatic heterocycles. The average Bonchev–Trinajstić information content (AvgIpc) is 3.21. The van der Waals surface area contributed by atoms with Crippen LogP contribution in [0.5, 0.6) is 5.75 Å². The van der Waals surface area contributed by atoms with Crippen LogP contribution >= 0.6 is 0 Å². The van der Waals surface area contributed by atoms with E-state index in [-0.39, 0.29) is 18.0 Å². The van der Waals surface area contributed by atoms with E-state index in [1.165, 1.54) is 6.07 Å². The average molecular weight is 434 g/mol. The van der Waals surface area contributed by atoms with Gasteiger partial charge < -0.3 is 9.64 Å². The summed E-state index contributed by atoms with van der Waals surface area (Å²) >= 11 is 0. The van der Waals surface area contributed by atoms with Gasteiger partial charge in [-0.2, -0.15) is 8.42 Å². The predicted molar refractivity (Wildman–Crippen MR) is 111 cm³/mol. The van der Waals surface area contributed by atoms with Gasteiger partial charge in [0.15, 0.2) is 5.82 Å². The zero-order chi connectivity index (χ0) is 21.3. The fourth-order valence-electron chi connectivity index (χ4n) is 4.00. The first kappa shape index (κ1) is 20.6. The lowest BCUT2D eigenvalue weighted by molar-refractivity contribution is -0.117. The van der Waals surface area contributed by atoms with Gasteiger partial charge in [0, 0.05) is 6.54 Å². The molecule has 9 heteroatoms. The first-order valence-electron chi connectivity index (χ1n) is 9.83. The maximum atomic E-state index is 15.2. The van der Waals surface area contributed by atoms with Crippen molar-refractivity contribution in [3.8, 4) is 5.75 Å². The number of hydrogen-bond acceptors (Lipinski definition) is 5. The Morgan fingerprint density at radius 3 is 2.60 bits per heavy atom. The third-order valence-corrected chi connectivity index (χ3v) is 6.79. The zero-order valence-electron chi connectivity index (χ0n) is 16.7. The normalized spacial score (nSPS) is 21.1. The molecule has 0 bridgehead atoms. The molecular weight excluding hydrogens is 409 g/mol. The molecule has 2 saturated heterocycles. The van der Waals surface area contributed by atoms with Gasteiger partial charge >= 0.3 is 10.2 Å². The molecule has 1 amide bonds. The highest BCUT2D eigenvalue weighted by atomic mass is 32.2. The molecule has 2 aromatic carbocycles. The highest BCUT2D eigenvalue weighted by Crippen LogP contribution is 2.37. The van der Waals surface area contributed by atoms with Crippen LogP contribution in [-0.4, -0.2) is 45.9 Å². The third-order valence-electron chi connectivity index (χ3n) is 5.41. The van der Waals surface area contributed by atoms with Crippen LogP contribution in [0.15, 0.2) is 42.5 Å². The van der Waals surface area contributed by atoms with Gasteiger partial charge in [-0.3, -0.25) is 4.79 Å². The number of nitrogens with zero attached hydrogens (tertiary/aromatic N) is 2. The lowest BCUT2D eigenvalue weighted by atomic mass is 9.98. The number of amides is 1. The van der Waals surface area contributed by atoms with Gasteiger partial charge in [-0.1, -0.05) is 30.3 Å². The van der Waals surface area contributed by atoms with Crippen LogP contribution in [-0.2, 0) is 28.0 Å². The Hall–Kier alpha value is -2.65. The fraction of sp³-hybridized carbons (Fsp3) is 0.381. The van der Waals surface area contributed by atoms with Gasteiger partial charge in [-0.25, -0.2) is 13.4 Å². The largest absolute Gasteiger partial charge is 0.487 e. The van der Waals surface area contributed by atoms with Crippen molar-refractivity contribution in [2.45, 2.75) is 19.4 Å². The van der Waals surface area contributed by atoms with Crippen LogP contribution in [0.25, 0.3) is 0 Å². The summed E-state index contributed by atoms with van der Waals surface area (Å²) in [6.45, 7) is 1.61. The molecule has 1 unspecified atom stereocenters. The molecule has 0 saturated carbocycles. The van der Waals surface area contributed by atoms with E-state index in [1.54, 1.807) is 6.07 Å². The van der Waals surface area contributed by atoms with Crippen molar-refractivity contribution in [1.82, 2.24) is 9.62 Å². The monoisotopic (exact) mass is 433 g/mol. The number of halogens is 1. The van der Waals surface area contributed by atoms with Gasteiger partial charge in [0.05, 0.1) is 0 Å².